The molecule has 164 valence electrons. The van der Waals surface area contributed by atoms with E-state index < -0.39 is 27.2 Å². The Morgan fingerprint density at radius 2 is 1.93 bits per heavy atom. The summed E-state index contributed by atoms with van der Waals surface area (Å²) in [7, 11) is -3.83. The van der Waals surface area contributed by atoms with Crippen LogP contribution >= 0.6 is 0 Å². The van der Waals surface area contributed by atoms with Crippen LogP contribution in [0.15, 0.2) is 23.2 Å². The van der Waals surface area contributed by atoms with E-state index in [0.29, 0.717) is 16.3 Å². The minimum absolute atomic E-state index is 0.0471. The lowest BCUT2D eigenvalue weighted by Crippen LogP contribution is -2.52. The molecular weight excluding hydrogens is 423 g/mol. The van der Waals surface area contributed by atoms with Crippen LogP contribution in [0.4, 0.5) is 22.0 Å². The topological polar surface area (TPSA) is 83.0 Å². The molecule has 0 bridgehead atoms. The van der Waals surface area contributed by atoms with Crippen molar-refractivity contribution in [3.63, 3.8) is 0 Å². The minimum Gasteiger partial charge on any atom is -0.489 e. The Balaban J connectivity index is 1.75. The number of rotatable bonds is 6. The van der Waals surface area contributed by atoms with Crippen LogP contribution in [-0.2, 0) is 10.0 Å². The zero-order chi connectivity index (χ0) is 21.7. The zero-order valence-corrected chi connectivity index (χ0v) is 16.3. The van der Waals surface area contributed by atoms with E-state index in [4.69, 9.17) is 4.74 Å². The first-order valence-electron chi connectivity index (χ1n) is 8.66. The van der Waals surface area contributed by atoms with Crippen LogP contribution in [0.2, 0.25) is 0 Å². The number of halogens is 5. The van der Waals surface area contributed by atoms with Gasteiger partial charge in [0.2, 0.25) is 0 Å². The number of nitrogens with zero attached hydrogens (tertiary/aromatic N) is 2. The van der Waals surface area contributed by atoms with Gasteiger partial charge in [0.15, 0.2) is 17.5 Å². The minimum atomic E-state index is -5.32. The Hall–Kier alpha value is -2.15. The number of hydrogen-bond donors (Lipinski definition) is 2. The number of benzene rings is 1. The lowest BCUT2D eigenvalue weighted by atomic mass is 10.1. The van der Waals surface area contributed by atoms with Crippen LogP contribution < -0.4 is 15.4 Å². The van der Waals surface area contributed by atoms with Gasteiger partial charge < -0.3 is 15.4 Å². The maximum absolute atomic E-state index is 13.5. The summed E-state index contributed by atoms with van der Waals surface area (Å²) < 4.78 is 92.5. The van der Waals surface area contributed by atoms with E-state index in [2.05, 4.69) is 15.6 Å². The van der Waals surface area contributed by atoms with Crippen molar-refractivity contribution in [1.29, 1.82) is 0 Å². The van der Waals surface area contributed by atoms with Gasteiger partial charge in [-0.2, -0.15) is 17.5 Å². The molecule has 0 aromatic heterocycles. The molecule has 7 nitrogen and oxygen atoms in total. The molecule has 0 spiro atoms. The molecule has 0 radical (unpaired) electrons. The molecule has 0 aliphatic carbocycles. The van der Waals surface area contributed by atoms with E-state index in [-0.39, 0.29) is 50.9 Å². The zero-order valence-electron chi connectivity index (χ0n) is 15.5. The number of aliphatic imine (C=N–C) groups is 1. The van der Waals surface area contributed by atoms with Gasteiger partial charge in [-0.1, -0.05) is 0 Å². The number of alkyl halides is 3. The highest BCUT2D eigenvalue weighted by Crippen LogP contribution is 2.28. The largest absolute Gasteiger partial charge is 0.511 e. The van der Waals surface area contributed by atoms with Gasteiger partial charge in [-0.25, -0.2) is 17.2 Å². The molecule has 0 amide bonds. The van der Waals surface area contributed by atoms with Gasteiger partial charge in [0.1, 0.15) is 12.4 Å². The summed E-state index contributed by atoms with van der Waals surface area (Å²) in [6, 6.07) is 2.67. The summed E-state index contributed by atoms with van der Waals surface area (Å²) in [6.07, 6.45) is 0.348. The second-order valence-corrected chi connectivity index (χ2v) is 8.12. The molecule has 1 fully saturated rings. The molecule has 1 aromatic carbocycles. The van der Waals surface area contributed by atoms with Crippen molar-refractivity contribution in [3.05, 3.63) is 29.8 Å². The molecule has 1 aliphatic rings. The lowest BCUT2D eigenvalue weighted by molar-refractivity contribution is -0.0494. The van der Waals surface area contributed by atoms with Gasteiger partial charge >= 0.3 is 15.5 Å². The molecule has 0 atom stereocenters. The maximum atomic E-state index is 13.5. The third kappa shape index (κ3) is 6.16. The lowest BCUT2D eigenvalue weighted by Gasteiger charge is -2.32. The summed E-state index contributed by atoms with van der Waals surface area (Å²) in [4.78, 5) is 3.97. The van der Waals surface area contributed by atoms with E-state index >= 15 is 0 Å². The summed E-state index contributed by atoms with van der Waals surface area (Å²) in [5, 5.41) is 5.88. The molecule has 2 rings (SSSR count). The van der Waals surface area contributed by atoms with E-state index in [9.17, 15) is 30.4 Å². The normalized spacial score (nSPS) is 17.2. The van der Waals surface area contributed by atoms with Gasteiger partial charge in [0.05, 0.1) is 6.54 Å². The molecule has 1 aliphatic heterocycles. The Labute approximate surface area is 165 Å². The average Bonchev–Trinajstić information content (AvgIpc) is 2.65. The molecule has 13 heteroatoms. The van der Waals surface area contributed by atoms with Crippen molar-refractivity contribution in [2.24, 2.45) is 4.99 Å². The Morgan fingerprint density at radius 3 is 2.48 bits per heavy atom. The molecule has 1 heterocycles. The fourth-order valence-corrected chi connectivity index (χ4v) is 3.68. The smallest absolute Gasteiger partial charge is 0.489 e. The maximum Gasteiger partial charge on any atom is 0.511 e. The first-order valence-corrected chi connectivity index (χ1v) is 10.1. The fraction of sp³-hybridized carbons (Fsp3) is 0.562. The van der Waals surface area contributed by atoms with Crippen molar-refractivity contribution < 1.29 is 35.1 Å². The molecule has 0 unspecified atom stereocenters. The Kier molecular flexibility index (Phi) is 7.63. The van der Waals surface area contributed by atoms with Crippen LogP contribution in [0.25, 0.3) is 0 Å². The fourth-order valence-electron chi connectivity index (χ4n) is 2.70. The molecule has 1 aromatic rings. The van der Waals surface area contributed by atoms with E-state index in [1.807, 2.05) is 0 Å². The molecule has 29 heavy (non-hydrogen) atoms. The number of guanidine groups is 1. The second kappa shape index (κ2) is 9.57. The van der Waals surface area contributed by atoms with Gasteiger partial charge in [0.25, 0.3) is 0 Å². The quantitative estimate of drug-likeness (QED) is 0.303. The molecule has 2 N–H and O–H groups in total. The van der Waals surface area contributed by atoms with Crippen LogP contribution in [0.1, 0.15) is 12.8 Å². The predicted molar refractivity (Wildman–Crippen MR) is 95.9 cm³/mol. The predicted octanol–water partition coefficient (Wildman–Crippen LogP) is 1.82. The van der Waals surface area contributed by atoms with Gasteiger partial charge in [-0.05, 0) is 25.0 Å². The van der Waals surface area contributed by atoms with Crippen LogP contribution in [-0.4, -0.2) is 63.5 Å². The SMILES string of the molecule is CN=C(NCCOc1ccc(F)cc1F)NC1CCN(S(=O)(=O)C(F)(F)F)CC1. The molecule has 0 saturated carbocycles. The summed E-state index contributed by atoms with van der Waals surface area (Å²) >= 11 is 0. The van der Waals surface area contributed by atoms with E-state index in [1.165, 1.54) is 13.1 Å². The third-order valence-electron chi connectivity index (χ3n) is 4.20. The van der Waals surface area contributed by atoms with E-state index in [0.717, 1.165) is 6.07 Å². The van der Waals surface area contributed by atoms with Crippen LogP contribution in [0.3, 0.4) is 0 Å². The Bertz CT molecular complexity index is 824. The summed E-state index contributed by atoms with van der Waals surface area (Å²) in [5.74, 6) is -1.31. The van der Waals surface area contributed by atoms with Crippen molar-refractivity contribution in [2.45, 2.75) is 24.4 Å². The monoisotopic (exact) mass is 444 g/mol. The summed E-state index contributed by atoms with van der Waals surface area (Å²) in [5.41, 5.74) is -5.31. The van der Waals surface area contributed by atoms with Crippen LogP contribution in [0.5, 0.6) is 5.75 Å². The third-order valence-corrected chi connectivity index (χ3v) is 5.83. The highest BCUT2D eigenvalue weighted by atomic mass is 32.2. The van der Waals surface area contributed by atoms with Gasteiger partial charge in [-0.3, -0.25) is 4.99 Å². The van der Waals surface area contributed by atoms with Crippen molar-refractivity contribution >= 4 is 16.0 Å². The first-order chi connectivity index (χ1) is 13.5. The van der Waals surface area contributed by atoms with Crippen LogP contribution in [0, 0.1) is 11.6 Å². The average molecular weight is 444 g/mol. The number of ether oxygens (including phenoxy) is 1. The van der Waals surface area contributed by atoms with E-state index in [1.54, 1.807) is 0 Å². The van der Waals surface area contributed by atoms with Crippen molar-refractivity contribution in [1.82, 2.24) is 14.9 Å². The Morgan fingerprint density at radius 1 is 1.28 bits per heavy atom. The molecule has 1 saturated heterocycles. The van der Waals surface area contributed by atoms with Gasteiger partial charge in [0, 0.05) is 32.2 Å². The highest BCUT2D eigenvalue weighted by Gasteiger charge is 2.50. The number of nitrogens with one attached hydrogen (secondary N) is 2. The number of sulfonamides is 1. The standard InChI is InChI=1S/C16H21F5N4O3S/c1-22-15(23-6-9-28-14-3-2-11(17)10-13(14)18)24-12-4-7-25(8-5-12)29(26,27)16(19,20)21/h2-3,10,12H,4-9H2,1H3,(H2,22,23,24). The number of hydrogen-bond acceptors (Lipinski definition) is 4. The highest BCUT2D eigenvalue weighted by molar-refractivity contribution is 7.90. The molecular formula is C16H21F5N4O3S. The second-order valence-electron chi connectivity index (χ2n) is 6.19. The van der Waals surface area contributed by atoms with Crippen molar-refractivity contribution in [3.8, 4) is 5.75 Å². The first kappa shape index (κ1) is 23.1. The van der Waals surface area contributed by atoms with Crippen molar-refractivity contribution in [2.75, 3.05) is 33.3 Å². The number of piperidine rings is 1. The van der Waals surface area contributed by atoms with Gasteiger partial charge in [-0.15, -0.1) is 0 Å². The summed E-state index contributed by atoms with van der Waals surface area (Å²) in [6.45, 7) is -0.254.